The van der Waals surface area contributed by atoms with E-state index in [0.29, 0.717) is 5.82 Å². The second-order valence-electron chi connectivity index (χ2n) is 3.27. The molecule has 0 saturated carbocycles. The number of aliphatic hydroxyl groups is 1. The van der Waals surface area contributed by atoms with Crippen LogP contribution in [-0.2, 0) is 0 Å². The molecule has 0 bridgehead atoms. The Bertz CT molecular complexity index is 281. The molecular weight excluding hydrogens is 186 g/mol. The summed E-state index contributed by atoms with van der Waals surface area (Å²) in [6, 6.07) is 0. The zero-order valence-corrected chi connectivity index (χ0v) is 8.13. The molecule has 4 nitrogen and oxygen atoms in total. The van der Waals surface area contributed by atoms with Gasteiger partial charge in [0.15, 0.2) is 5.13 Å². The Balaban J connectivity index is 2.02. The lowest BCUT2D eigenvalue weighted by molar-refractivity contribution is 0.145. The molecule has 13 heavy (non-hydrogen) atoms. The van der Waals surface area contributed by atoms with Crippen LogP contribution >= 0.6 is 11.3 Å². The van der Waals surface area contributed by atoms with Crippen LogP contribution in [0.4, 0.5) is 10.9 Å². The summed E-state index contributed by atoms with van der Waals surface area (Å²) in [6.45, 7) is 1.77. The second-order valence-corrected chi connectivity index (χ2v) is 4.11. The highest BCUT2D eigenvalue weighted by Gasteiger charge is 2.18. The molecule has 1 fully saturated rings. The first-order valence-electron chi connectivity index (χ1n) is 4.40. The minimum absolute atomic E-state index is 0.131. The Hall–Kier alpha value is -0.810. The highest BCUT2D eigenvalue weighted by atomic mass is 32.1. The molecule has 0 unspecified atom stereocenters. The van der Waals surface area contributed by atoms with E-state index in [1.165, 1.54) is 0 Å². The Labute approximate surface area is 81.0 Å². The first kappa shape index (κ1) is 8.77. The van der Waals surface area contributed by atoms with Gasteiger partial charge in [0.25, 0.3) is 0 Å². The van der Waals surface area contributed by atoms with Gasteiger partial charge in [0.05, 0.1) is 6.10 Å². The zero-order valence-electron chi connectivity index (χ0n) is 7.31. The van der Waals surface area contributed by atoms with Crippen molar-refractivity contribution in [3.05, 3.63) is 5.38 Å². The standard InChI is InChI=1S/C8H13N3OS/c9-7-5-13-8(10-7)11-3-1-6(12)2-4-11/h5-6,12H,1-4,9H2. The number of hydrogen-bond acceptors (Lipinski definition) is 5. The van der Waals surface area contributed by atoms with Gasteiger partial charge in [-0.2, -0.15) is 0 Å². The van der Waals surface area contributed by atoms with Crippen molar-refractivity contribution in [3.63, 3.8) is 0 Å². The largest absolute Gasteiger partial charge is 0.393 e. The molecular formula is C8H13N3OS. The third-order valence-corrected chi connectivity index (χ3v) is 3.16. The SMILES string of the molecule is Nc1csc(N2CCC(O)CC2)n1. The van der Waals surface area contributed by atoms with E-state index in [-0.39, 0.29) is 6.10 Å². The van der Waals surface area contributed by atoms with Crippen molar-refractivity contribution in [2.75, 3.05) is 23.7 Å². The van der Waals surface area contributed by atoms with Gasteiger partial charge in [-0.25, -0.2) is 4.98 Å². The van der Waals surface area contributed by atoms with E-state index in [1.54, 1.807) is 11.3 Å². The van der Waals surface area contributed by atoms with Gasteiger partial charge in [0, 0.05) is 18.5 Å². The van der Waals surface area contributed by atoms with E-state index in [4.69, 9.17) is 5.73 Å². The van der Waals surface area contributed by atoms with E-state index in [1.807, 2.05) is 5.38 Å². The molecule has 1 aromatic heterocycles. The predicted molar refractivity (Wildman–Crippen MR) is 54.0 cm³/mol. The van der Waals surface area contributed by atoms with Gasteiger partial charge in [0.2, 0.25) is 0 Å². The lowest BCUT2D eigenvalue weighted by Crippen LogP contribution is -2.35. The molecule has 0 aromatic carbocycles. The maximum absolute atomic E-state index is 9.31. The van der Waals surface area contributed by atoms with Gasteiger partial charge in [-0.05, 0) is 12.8 Å². The second kappa shape index (κ2) is 3.51. The van der Waals surface area contributed by atoms with Crippen LogP contribution in [0.5, 0.6) is 0 Å². The minimum Gasteiger partial charge on any atom is -0.393 e. The molecule has 0 radical (unpaired) electrons. The summed E-state index contributed by atoms with van der Waals surface area (Å²) in [5, 5.41) is 12.1. The fourth-order valence-corrected chi connectivity index (χ4v) is 2.25. The summed E-state index contributed by atoms with van der Waals surface area (Å²) in [7, 11) is 0. The lowest BCUT2D eigenvalue weighted by Gasteiger charge is -2.28. The summed E-state index contributed by atoms with van der Waals surface area (Å²) in [6.07, 6.45) is 1.53. The van der Waals surface area contributed by atoms with E-state index in [2.05, 4.69) is 9.88 Å². The molecule has 0 spiro atoms. The first-order chi connectivity index (χ1) is 6.25. The molecule has 0 atom stereocenters. The van der Waals surface area contributed by atoms with Gasteiger partial charge in [-0.15, -0.1) is 11.3 Å². The molecule has 5 heteroatoms. The van der Waals surface area contributed by atoms with Crippen molar-refractivity contribution in [2.24, 2.45) is 0 Å². The molecule has 1 aliphatic rings. The minimum atomic E-state index is -0.131. The Kier molecular flexibility index (Phi) is 2.37. The maximum atomic E-state index is 9.31. The van der Waals surface area contributed by atoms with E-state index in [0.717, 1.165) is 31.1 Å². The van der Waals surface area contributed by atoms with Crippen LogP contribution < -0.4 is 10.6 Å². The highest BCUT2D eigenvalue weighted by Crippen LogP contribution is 2.24. The molecule has 0 aliphatic carbocycles. The number of rotatable bonds is 1. The number of nitrogens with zero attached hydrogens (tertiary/aromatic N) is 2. The van der Waals surface area contributed by atoms with Crippen LogP contribution in [0.2, 0.25) is 0 Å². The van der Waals surface area contributed by atoms with Crippen LogP contribution in [0.1, 0.15) is 12.8 Å². The number of hydrogen-bond donors (Lipinski definition) is 2. The lowest BCUT2D eigenvalue weighted by atomic mass is 10.1. The molecule has 3 N–H and O–H groups in total. The first-order valence-corrected chi connectivity index (χ1v) is 5.27. The maximum Gasteiger partial charge on any atom is 0.187 e. The van der Waals surface area contributed by atoms with Crippen molar-refractivity contribution >= 4 is 22.3 Å². The van der Waals surface area contributed by atoms with Crippen LogP contribution in [0.15, 0.2) is 5.38 Å². The fraction of sp³-hybridized carbons (Fsp3) is 0.625. The molecule has 2 heterocycles. The van der Waals surface area contributed by atoms with E-state index >= 15 is 0 Å². The molecule has 1 aliphatic heterocycles. The van der Waals surface area contributed by atoms with Crippen molar-refractivity contribution in [2.45, 2.75) is 18.9 Å². The molecule has 2 rings (SSSR count). The number of nitrogen functional groups attached to an aromatic ring is 1. The monoisotopic (exact) mass is 199 g/mol. The highest BCUT2D eigenvalue weighted by molar-refractivity contribution is 7.14. The van der Waals surface area contributed by atoms with Crippen molar-refractivity contribution in [3.8, 4) is 0 Å². The van der Waals surface area contributed by atoms with Crippen LogP contribution in [0.25, 0.3) is 0 Å². The van der Waals surface area contributed by atoms with Crippen LogP contribution in [0.3, 0.4) is 0 Å². The fourth-order valence-electron chi connectivity index (χ4n) is 1.48. The Morgan fingerprint density at radius 1 is 1.54 bits per heavy atom. The number of aromatic nitrogens is 1. The average Bonchev–Trinajstić information content (AvgIpc) is 2.53. The molecule has 72 valence electrons. The number of anilines is 2. The predicted octanol–water partition coefficient (Wildman–Crippen LogP) is 0.686. The third kappa shape index (κ3) is 1.92. The number of nitrogens with two attached hydrogens (primary N) is 1. The number of piperidine rings is 1. The van der Waals surface area contributed by atoms with Gasteiger partial charge in [-0.1, -0.05) is 0 Å². The van der Waals surface area contributed by atoms with E-state index in [9.17, 15) is 5.11 Å². The summed E-state index contributed by atoms with van der Waals surface area (Å²) < 4.78 is 0. The van der Waals surface area contributed by atoms with Crippen molar-refractivity contribution in [1.29, 1.82) is 0 Å². The molecule has 1 aromatic rings. The van der Waals surface area contributed by atoms with Gasteiger partial charge in [-0.3, -0.25) is 0 Å². The van der Waals surface area contributed by atoms with Crippen molar-refractivity contribution < 1.29 is 5.11 Å². The topological polar surface area (TPSA) is 62.4 Å². The normalized spacial score (nSPS) is 19.3. The third-order valence-electron chi connectivity index (χ3n) is 2.24. The average molecular weight is 199 g/mol. The summed E-state index contributed by atoms with van der Waals surface area (Å²) in [5.74, 6) is 0.589. The van der Waals surface area contributed by atoms with Gasteiger partial charge in [0.1, 0.15) is 5.82 Å². The smallest absolute Gasteiger partial charge is 0.187 e. The van der Waals surface area contributed by atoms with Crippen LogP contribution in [-0.4, -0.2) is 29.3 Å². The summed E-state index contributed by atoms with van der Waals surface area (Å²) in [5.41, 5.74) is 5.54. The van der Waals surface area contributed by atoms with Gasteiger partial charge >= 0.3 is 0 Å². The number of thiazole rings is 1. The van der Waals surface area contributed by atoms with E-state index < -0.39 is 0 Å². The zero-order chi connectivity index (χ0) is 9.26. The van der Waals surface area contributed by atoms with Crippen molar-refractivity contribution in [1.82, 2.24) is 4.98 Å². The molecule has 0 amide bonds. The number of aliphatic hydroxyl groups excluding tert-OH is 1. The molecule has 1 saturated heterocycles. The van der Waals surface area contributed by atoms with Gasteiger partial charge < -0.3 is 15.7 Å². The van der Waals surface area contributed by atoms with Crippen LogP contribution in [0, 0.1) is 0 Å². The summed E-state index contributed by atoms with van der Waals surface area (Å²) >= 11 is 1.57. The quantitative estimate of drug-likeness (QED) is 0.698. The Morgan fingerprint density at radius 3 is 2.77 bits per heavy atom. The Morgan fingerprint density at radius 2 is 2.23 bits per heavy atom. The summed E-state index contributed by atoms with van der Waals surface area (Å²) in [4.78, 5) is 6.37.